The smallest absolute Gasteiger partial charge is 0.280 e. The van der Waals surface area contributed by atoms with Gasteiger partial charge in [-0.1, -0.05) is 46.9 Å². The summed E-state index contributed by atoms with van der Waals surface area (Å²) in [5, 5.41) is 10.1. The van der Waals surface area contributed by atoms with Crippen molar-refractivity contribution in [3.8, 4) is 0 Å². The van der Waals surface area contributed by atoms with Crippen LogP contribution in [-0.4, -0.2) is 24.8 Å². The second-order valence-corrected chi connectivity index (χ2v) is 6.26. The van der Waals surface area contributed by atoms with Crippen LogP contribution in [0.5, 0.6) is 0 Å². The zero-order valence-corrected chi connectivity index (χ0v) is 12.0. The lowest BCUT2D eigenvalue weighted by molar-refractivity contribution is 0.190. The van der Waals surface area contributed by atoms with Crippen molar-refractivity contribution in [3.63, 3.8) is 0 Å². The van der Waals surface area contributed by atoms with Crippen LogP contribution in [0.4, 0.5) is 0 Å². The minimum atomic E-state index is -1.96. The summed E-state index contributed by atoms with van der Waals surface area (Å²) in [4.78, 5) is 16.5. The Morgan fingerprint density at radius 3 is 2.63 bits per heavy atom. The highest BCUT2D eigenvalue weighted by atomic mass is 35.6. The predicted molar refractivity (Wildman–Crippen MR) is 76.4 cm³/mol. The van der Waals surface area contributed by atoms with Crippen molar-refractivity contribution < 1.29 is 5.11 Å². The number of benzene rings is 1. The summed E-state index contributed by atoms with van der Waals surface area (Å²) in [6.45, 7) is 1.60. The first-order chi connectivity index (χ1) is 8.80. The van der Waals surface area contributed by atoms with E-state index < -0.39 is 10.0 Å². The minimum absolute atomic E-state index is 0.344. The number of para-hydroxylation sites is 1. The SMILES string of the molecule is Cc1nc2ccccc2c(=O)n1NC(O)C(Cl)(Cl)Cl. The molecule has 1 aromatic carbocycles. The highest BCUT2D eigenvalue weighted by Crippen LogP contribution is 2.29. The van der Waals surface area contributed by atoms with Crippen LogP contribution in [0.25, 0.3) is 10.9 Å². The molecule has 8 heteroatoms. The molecule has 0 fully saturated rings. The summed E-state index contributed by atoms with van der Waals surface area (Å²) in [6.07, 6.45) is -1.54. The molecule has 0 bridgehead atoms. The van der Waals surface area contributed by atoms with Crippen molar-refractivity contribution in [1.82, 2.24) is 9.66 Å². The lowest BCUT2D eigenvalue weighted by Crippen LogP contribution is -2.44. The average Bonchev–Trinajstić information content (AvgIpc) is 2.33. The highest BCUT2D eigenvalue weighted by Gasteiger charge is 2.31. The number of rotatable bonds is 2. The number of aryl methyl sites for hydroxylation is 1. The van der Waals surface area contributed by atoms with E-state index in [9.17, 15) is 9.90 Å². The van der Waals surface area contributed by atoms with Crippen LogP contribution in [0.3, 0.4) is 0 Å². The first-order valence-corrected chi connectivity index (χ1v) is 6.44. The first-order valence-electron chi connectivity index (χ1n) is 5.30. The molecule has 0 amide bonds. The van der Waals surface area contributed by atoms with Crippen LogP contribution < -0.4 is 11.0 Å². The molecule has 2 rings (SSSR count). The second-order valence-electron chi connectivity index (χ2n) is 3.89. The molecule has 1 atom stereocenters. The largest absolute Gasteiger partial charge is 0.369 e. The van der Waals surface area contributed by atoms with Crippen molar-refractivity contribution in [3.05, 3.63) is 40.4 Å². The molecule has 0 saturated carbocycles. The fraction of sp³-hybridized carbons (Fsp3) is 0.273. The summed E-state index contributed by atoms with van der Waals surface area (Å²) in [7, 11) is 0. The summed E-state index contributed by atoms with van der Waals surface area (Å²) in [5.41, 5.74) is 2.60. The van der Waals surface area contributed by atoms with Crippen LogP contribution in [-0.2, 0) is 0 Å². The average molecular weight is 323 g/mol. The second kappa shape index (κ2) is 5.17. The Morgan fingerprint density at radius 2 is 2.00 bits per heavy atom. The van der Waals surface area contributed by atoms with Gasteiger partial charge in [0.2, 0.25) is 3.79 Å². The number of halogens is 3. The van der Waals surface area contributed by atoms with E-state index in [4.69, 9.17) is 34.8 Å². The van der Waals surface area contributed by atoms with Crippen LogP contribution in [0.2, 0.25) is 0 Å². The van der Waals surface area contributed by atoms with E-state index in [1.165, 1.54) is 0 Å². The number of aliphatic hydroxyl groups excluding tert-OH is 1. The Balaban J connectivity index is 2.53. The van der Waals surface area contributed by atoms with Crippen LogP contribution >= 0.6 is 34.8 Å². The maximum absolute atomic E-state index is 12.2. The monoisotopic (exact) mass is 321 g/mol. The fourth-order valence-corrected chi connectivity index (χ4v) is 1.74. The van der Waals surface area contributed by atoms with Crippen molar-refractivity contribution in [2.24, 2.45) is 0 Å². The maximum atomic E-state index is 12.2. The minimum Gasteiger partial charge on any atom is -0.369 e. The number of aliphatic hydroxyl groups is 1. The summed E-state index contributed by atoms with van der Waals surface area (Å²) in [6, 6.07) is 6.85. The summed E-state index contributed by atoms with van der Waals surface area (Å²) in [5.74, 6) is 0.344. The number of nitrogens with zero attached hydrogens (tertiary/aromatic N) is 2. The molecule has 2 N–H and O–H groups in total. The molecule has 0 aliphatic heterocycles. The molecule has 1 aromatic heterocycles. The molecule has 5 nitrogen and oxygen atoms in total. The Labute approximate surface area is 123 Å². The molecule has 2 aromatic rings. The van der Waals surface area contributed by atoms with E-state index in [0.717, 1.165) is 4.68 Å². The standard InChI is InChI=1S/C11H10Cl3N3O2/c1-6-15-8-5-3-2-4-7(8)9(18)17(6)16-10(19)11(12,13)14/h2-5,10,16,19H,1H3. The van der Waals surface area contributed by atoms with Crippen molar-refractivity contribution >= 4 is 45.7 Å². The molecule has 102 valence electrons. The van der Waals surface area contributed by atoms with Gasteiger partial charge in [-0.05, 0) is 19.1 Å². The lowest BCUT2D eigenvalue weighted by Gasteiger charge is -2.23. The number of fused-ring (bicyclic) bond motifs is 1. The molecular weight excluding hydrogens is 312 g/mol. The third-order valence-corrected chi connectivity index (χ3v) is 3.12. The molecule has 19 heavy (non-hydrogen) atoms. The van der Waals surface area contributed by atoms with Crippen LogP contribution in [0.15, 0.2) is 29.1 Å². The van der Waals surface area contributed by atoms with Crippen LogP contribution in [0, 0.1) is 6.92 Å². The Kier molecular flexibility index (Phi) is 3.92. The highest BCUT2D eigenvalue weighted by molar-refractivity contribution is 6.68. The molecular formula is C11H10Cl3N3O2. The number of nitrogens with one attached hydrogen (secondary N) is 1. The number of aromatic nitrogens is 2. The quantitative estimate of drug-likeness (QED) is 0.655. The molecule has 0 radical (unpaired) electrons. The van der Waals surface area contributed by atoms with E-state index in [1.807, 2.05) is 0 Å². The molecule has 0 aliphatic rings. The third-order valence-electron chi connectivity index (χ3n) is 2.50. The van der Waals surface area contributed by atoms with Crippen molar-refractivity contribution in [1.29, 1.82) is 0 Å². The topological polar surface area (TPSA) is 67.2 Å². The van der Waals surface area contributed by atoms with Gasteiger partial charge in [0.05, 0.1) is 10.9 Å². The Morgan fingerprint density at radius 1 is 1.37 bits per heavy atom. The molecule has 0 saturated heterocycles. The van der Waals surface area contributed by atoms with E-state index >= 15 is 0 Å². The zero-order chi connectivity index (χ0) is 14.2. The lowest BCUT2D eigenvalue weighted by atomic mass is 10.2. The molecule has 0 aliphatic carbocycles. The van der Waals surface area contributed by atoms with E-state index in [1.54, 1.807) is 31.2 Å². The van der Waals surface area contributed by atoms with Crippen LogP contribution in [0.1, 0.15) is 5.82 Å². The summed E-state index contributed by atoms with van der Waals surface area (Å²) >= 11 is 16.6. The van der Waals surface area contributed by atoms with Crippen molar-refractivity contribution in [2.45, 2.75) is 16.9 Å². The third kappa shape index (κ3) is 2.95. The summed E-state index contributed by atoms with van der Waals surface area (Å²) < 4.78 is -0.910. The van der Waals surface area contributed by atoms with Gasteiger partial charge in [-0.3, -0.25) is 10.2 Å². The van der Waals surface area contributed by atoms with Gasteiger partial charge < -0.3 is 5.11 Å². The van der Waals surface area contributed by atoms with Gasteiger partial charge in [0.15, 0.2) is 6.23 Å². The normalized spacial score (nSPS) is 13.5. The van der Waals surface area contributed by atoms with Gasteiger partial charge in [0.25, 0.3) is 5.56 Å². The number of alkyl halides is 3. The first kappa shape index (κ1) is 14.4. The fourth-order valence-electron chi connectivity index (χ4n) is 1.59. The Hall–Kier alpha value is -1.01. The van der Waals surface area contributed by atoms with E-state index in [-0.39, 0.29) is 5.56 Å². The number of hydrogen-bond acceptors (Lipinski definition) is 4. The van der Waals surface area contributed by atoms with Crippen molar-refractivity contribution in [2.75, 3.05) is 5.43 Å². The van der Waals surface area contributed by atoms with Gasteiger partial charge in [0.1, 0.15) is 5.82 Å². The molecule has 1 heterocycles. The maximum Gasteiger partial charge on any atom is 0.280 e. The van der Waals surface area contributed by atoms with E-state index in [0.29, 0.717) is 16.7 Å². The van der Waals surface area contributed by atoms with Gasteiger partial charge in [-0.2, -0.15) is 0 Å². The van der Waals surface area contributed by atoms with Gasteiger partial charge in [-0.25, -0.2) is 9.66 Å². The van der Waals surface area contributed by atoms with Gasteiger partial charge in [0, 0.05) is 0 Å². The van der Waals surface area contributed by atoms with Gasteiger partial charge >= 0.3 is 0 Å². The predicted octanol–water partition coefficient (Wildman–Crippen LogP) is 1.94. The molecule has 0 spiro atoms. The van der Waals surface area contributed by atoms with E-state index in [2.05, 4.69) is 10.4 Å². The van der Waals surface area contributed by atoms with Gasteiger partial charge in [-0.15, -0.1) is 0 Å². The number of hydrogen-bond donors (Lipinski definition) is 2. The Bertz CT molecular complexity index is 666. The zero-order valence-electron chi connectivity index (χ0n) is 9.77. The molecule has 1 unspecified atom stereocenters.